The second-order valence-electron chi connectivity index (χ2n) is 8.30. The Bertz CT molecular complexity index is 668. The van der Waals surface area contributed by atoms with E-state index in [1.54, 1.807) is 4.90 Å². The molecule has 0 radical (unpaired) electrons. The first-order valence-corrected chi connectivity index (χ1v) is 10.0. The van der Waals surface area contributed by atoms with Crippen molar-refractivity contribution in [2.75, 3.05) is 0 Å². The molecular weight excluding hydrogens is 338 g/mol. The molecule has 1 aliphatic carbocycles. The number of benzene rings is 1. The SMILES string of the molecule is CC(C)[C@H]1CCC(OC(=O)N(C(C)C)C(C)C)=C[C@@H]1C(=O)c1ccccc1. The third kappa shape index (κ3) is 5.21. The van der Waals surface area contributed by atoms with Crippen molar-refractivity contribution in [1.82, 2.24) is 4.90 Å². The van der Waals surface area contributed by atoms with Gasteiger partial charge >= 0.3 is 6.09 Å². The molecule has 2 rings (SSSR count). The van der Waals surface area contributed by atoms with Gasteiger partial charge in [-0.05, 0) is 52.0 Å². The van der Waals surface area contributed by atoms with Crippen LogP contribution in [0.3, 0.4) is 0 Å². The topological polar surface area (TPSA) is 46.6 Å². The number of Topliss-reactive ketones (excluding diaryl/α,β-unsaturated/α-hetero) is 1. The molecule has 1 aliphatic rings. The number of ether oxygens (including phenoxy) is 1. The number of allylic oxidation sites excluding steroid dienone is 2. The van der Waals surface area contributed by atoms with E-state index >= 15 is 0 Å². The molecular formula is C23H33NO3. The lowest BCUT2D eigenvalue weighted by atomic mass is 9.73. The van der Waals surface area contributed by atoms with Crippen LogP contribution in [-0.4, -0.2) is 28.9 Å². The molecule has 0 heterocycles. The highest BCUT2D eigenvalue weighted by Gasteiger charge is 2.34. The van der Waals surface area contributed by atoms with Crippen molar-refractivity contribution < 1.29 is 14.3 Å². The van der Waals surface area contributed by atoms with Gasteiger partial charge in [0, 0.05) is 30.0 Å². The zero-order chi connectivity index (χ0) is 20.1. The summed E-state index contributed by atoms with van der Waals surface area (Å²) in [6.07, 6.45) is 3.10. The Hall–Kier alpha value is -2.10. The molecule has 0 fully saturated rings. The fourth-order valence-corrected chi connectivity index (χ4v) is 3.98. The van der Waals surface area contributed by atoms with E-state index in [1.807, 2.05) is 64.1 Å². The van der Waals surface area contributed by atoms with Crippen LogP contribution in [0.2, 0.25) is 0 Å². The van der Waals surface area contributed by atoms with Crippen LogP contribution in [0.15, 0.2) is 42.2 Å². The summed E-state index contributed by atoms with van der Waals surface area (Å²) < 4.78 is 5.72. The molecule has 2 atom stereocenters. The number of carbonyl (C=O) groups excluding carboxylic acids is 2. The zero-order valence-electron chi connectivity index (χ0n) is 17.4. The molecule has 1 aromatic carbocycles. The van der Waals surface area contributed by atoms with Gasteiger partial charge in [0.25, 0.3) is 0 Å². The van der Waals surface area contributed by atoms with Gasteiger partial charge in [0.15, 0.2) is 5.78 Å². The van der Waals surface area contributed by atoms with E-state index < -0.39 is 0 Å². The molecule has 1 amide bonds. The average molecular weight is 372 g/mol. The van der Waals surface area contributed by atoms with Gasteiger partial charge in [0.05, 0.1) is 0 Å². The van der Waals surface area contributed by atoms with Crippen molar-refractivity contribution in [1.29, 1.82) is 0 Å². The summed E-state index contributed by atoms with van der Waals surface area (Å²) in [5, 5.41) is 0. The van der Waals surface area contributed by atoms with E-state index in [9.17, 15) is 9.59 Å². The normalized spacial score (nSPS) is 20.0. The highest BCUT2D eigenvalue weighted by Crippen LogP contribution is 2.36. The molecule has 0 saturated carbocycles. The van der Waals surface area contributed by atoms with Crippen LogP contribution in [0.4, 0.5) is 4.79 Å². The van der Waals surface area contributed by atoms with Crippen LogP contribution >= 0.6 is 0 Å². The summed E-state index contributed by atoms with van der Waals surface area (Å²) in [4.78, 5) is 27.5. The van der Waals surface area contributed by atoms with Crippen LogP contribution in [0.25, 0.3) is 0 Å². The Morgan fingerprint density at radius 3 is 2.11 bits per heavy atom. The van der Waals surface area contributed by atoms with Gasteiger partial charge in [0.2, 0.25) is 0 Å². The van der Waals surface area contributed by atoms with Gasteiger partial charge in [-0.1, -0.05) is 44.2 Å². The summed E-state index contributed by atoms with van der Waals surface area (Å²) in [7, 11) is 0. The fourth-order valence-electron chi connectivity index (χ4n) is 3.98. The Kier molecular flexibility index (Phi) is 7.23. The molecule has 0 saturated heterocycles. The Morgan fingerprint density at radius 1 is 1.00 bits per heavy atom. The minimum absolute atomic E-state index is 0.0619. The molecule has 4 heteroatoms. The molecule has 148 valence electrons. The standard InChI is InChI=1S/C23H33NO3/c1-15(2)20-13-12-19(27-23(26)24(16(3)4)17(5)6)14-21(20)22(25)18-10-8-7-9-11-18/h7-11,14-17,20-21H,12-13H2,1-6H3/t20-,21+/m1/s1. The first kappa shape index (κ1) is 21.2. The monoisotopic (exact) mass is 371 g/mol. The molecule has 0 aromatic heterocycles. The van der Waals surface area contributed by atoms with Crippen LogP contribution in [0.5, 0.6) is 0 Å². The van der Waals surface area contributed by atoms with E-state index in [-0.39, 0.29) is 35.8 Å². The van der Waals surface area contributed by atoms with Crippen molar-refractivity contribution in [2.24, 2.45) is 17.8 Å². The largest absolute Gasteiger partial charge is 0.415 e. The first-order valence-electron chi connectivity index (χ1n) is 10.0. The van der Waals surface area contributed by atoms with Crippen LogP contribution in [0.1, 0.15) is 64.7 Å². The summed E-state index contributed by atoms with van der Waals surface area (Å²) in [5.74, 6) is 1.12. The predicted octanol–water partition coefficient (Wildman–Crippen LogP) is 5.69. The van der Waals surface area contributed by atoms with Crippen LogP contribution < -0.4 is 0 Å². The third-order valence-corrected chi connectivity index (χ3v) is 5.31. The minimum atomic E-state index is -0.333. The van der Waals surface area contributed by atoms with Gasteiger partial charge in [0.1, 0.15) is 5.76 Å². The Labute approximate surface area is 163 Å². The highest BCUT2D eigenvalue weighted by atomic mass is 16.6. The molecule has 0 bridgehead atoms. The van der Waals surface area contributed by atoms with Crippen molar-refractivity contribution in [3.8, 4) is 0 Å². The maximum atomic E-state index is 13.1. The lowest BCUT2D eigenvalue weighted by molar-refractivity contribution is 0.0804. The molecule has 1 aromatic rings. The van der Waals surface area contributed by atoms with E-state index in [0.717, 1.165) is 6.42 Å². The molecule has 0 spiro atoms. The predicted molar refractivity (Wildman–Crippen MR) is 108 cm³/mol. The zero-order valence-corrected chi connectivity index (χ0v) is 17.4. The summed E-state index contributed by atoms with van der Waals surface area (Å²) >= 11 is 0. The maximum Gasteiger partial charge on any atom is 0.415 e. The van der Waals surface area contributed by atoms with E-state index in [2.05, 4.69) is 13.8 Å². The van der Waals surface area contributed by atoms with Crippen LogP contribution in [-0.2, 0) is 4.74 Å². The number of carbonyl (C=O) groups is 2. The average Bonchev–Trinajstić information content (AvgIpc) is 2.60. The molecule has 4 nitrogen and oxygen atoms in total. The number of nitrogens with zero attached hydrogens (tertiary/aromatic N) is 1. The van der Waals surface area contributed by atoms with E-state index in [4.69, 9.17) is 4.74 Å². The second kappa shape index (κ2) is 9.20. The molecule has 27 heavy (non-hydrogen) atoms. The number of hydrogen-bond acceptors (Lipinski definition) is 3. The first-order chi connectivity index (χ1) is 12.7. The Balaban J connectivity index is 2.25. The molecule has 0 unspecified atom stereocenters. The van der Waals surface area contributed by atoms with Crippen molar-refractivity contribution in [3.63, 3.8) is 0 Å². The lowest BCUT2D eigenvalue weighted by Gasteiger charge is -2.34. The van der Waals surface area contributed by atoms with Gasteiger partial charge in [-0.15, -0.1) is 0 Å². The lowest BCUT2D eigenvalue weighted by Crippen LogP contribution is -2.42. The van der Waals surface area contributed by atoms with Crippen molar-refractivity contribution in [3.05, 3.63) is 47.7 Å². The fraction of sp³-hybridized carbons (Fsp3) is 0.565. The number of amides is 1. The van der Waals surface area contributed by atoms with Gasteiger partial charge < -0.3 is 9.64 Å². The smallest absolute Gasteiger partial charge is 0.415 e. The molecule has 0 aliphatic heterocycles. The van der Waals surface area contributed by atoms with E-state index in [0.29, 0.717) is 23.7 Å². The highest BCUT2D eigenvalue weighted by molar-refractivity contribution is 5.99. The number of rotatable bonds is 6. The minimum Gasteiger partial charge on any atom is -0.415 e. The summed E-state index contributed by atoms with van der Waals surface area (Å²) in [5.41, 5.74) is 0.711. The van der Waals surface area contributed by atoms with Crippen molar-refractivity contribution >= 4 is 11.9 Å². The molecule has 0 N–H and O–H groups in total. The second-order valence-corrected chi connectivity index (χ2v) is 8.30. The third-order valence-electron chi connectivity index (χ3n) is 5.31. The number of hydrogen-bond donors (Lipinski definition) is 0. The maximum absolute atomic E-state index is 13.1. The van der Waals surface area contributed by atoms with Crippen molar-refractivity contribution in [2.45, 2.75) is 66.5 Å². The Morgan fingerprint density at radius 2 is 1.59 bits per heavy atom. The van der Waals surface area contributed by atoms with Gasteiger partial charge in [-0.3, -0.25) is 4.79 Å². The summed E-state index contributed by atoms with van der Waals surface area (Å²) in [6, 6.07) is 9.51. The summed E-state index contributed by atoms with van der Waals surface area (Å²) in [6.45, 7) is 12.2. The quantitative estimate of drug-likeness (QED) is 0.603. The number of ketones is 1. The van der Waals surface area contributed by atoms with Crippen LogP contribution in [0, 0.1) is 17.8 Å². The van der Waals surface area contributed by atoms with Gasteiger partial charge in [-0.2, -0.15) is 0 Å². The van der Waals surface area contributed by atoms with E-state index in [1.165, 1.54) is 0 Å². The van der Waals surface area contributed by atoms with Gasteiger partial charge in [-0.25, -0.2) is 4.79 Å².